The highest BCUT2D eigenvalue weighted by Crippen LogP contribution is 2.31. The average molecular weight is 267 g/mol. The van der Waals surface area contributed by atoms with Crippen LogP contribution in [0.2, 0.25) is 0 Å². The van der Waals surface area contributed by atoms with Crippen molar-refractivity contribution in [3.8, 4) is 11.8 Å². The Morgan fingerprint density at radius 3 is 2.70 bits per heavy atom. The number of nitrogen functional groups attached to an aromatic ring is 1. The van der Waals surface area contributed by atoms with Crippen LogP contribution in [0.25, 0.3) is 0 Å². The number of para-hydroxylation sites is 1. The maximum absolute atomic E-state index is 9.18. The molecule has 0 bridgehead atoms. The van der Waals surface area contributed by atoms with Crippen LogP contribution >= 0.6 is 0 Å². The number of hydrogen-bond donors (Lipinski definition) is 1. The zero-order chi connectivity index (χ0) is 14.5. The monoisotopic (exact) mass is 267 g/mol. The molecular formula is C16H17N3O. The van der Waals surface area contributed by atoms with Crippen LogP contribution in [-0.4, -0.2) is 13.7 Å². The summed E-state index contributed by atoms with van der Waals surface area (Å²) in [7, 11) is 1.90. The third-order valence-corrected chi connectivity index (χ3v) is 3.00. The van der Waals surface area contributed by atoms with Crippen molar-refractivity contribution in [3.05, 3.63) is 48.0 Å². The second-order valence-corrected chi connectivity index (χ2v) is 4.38. The van der Waals surface area contributed by atoms with Crippen LogP contribution in [-0.2, 0) is 0 Å². The Morgan fingerprint density at radius 2 is 2.00 bits per heavy atom. The van der Waals surface area contributed by atoms with Gasteiger partial charge in [0, 0.05) is 30.6 Å². The molecule has 2 aromatic rings. The normalized spacial score (nSPS) is 9.85. The van der Waals surface area contributed by atoms with E-state index in [2.05, 4.69) is 6.07 Å². The molecule has 0 atom stereocenters. The predicted octanol–water partition coefficient (Wildman–Crippen LogP) is 3.31. The lowest BCUT2D eigenvalue weighted by atomic mass is 10.1. The van der Waals surface area contributed by atoms with E-state index < -0.39 is 0 Å². The summed E-state index contributed by atoms with van der Waals surface area (Å²) in [5.41, 5.74) is 8.88. The molecule has 0 aromatic heterocycles. The molecule has 2 N–H and O–H groups in total. The van der Waals surface area contributed by atoms with Crippen molar-refractivity contribution in [1.82, 2.24) is 0 Å². The first-order chi connectivity index (χ1) is 9.65. The van der Waals surface area contributed by atoms with Gasteiger partial charge in [-0.25, -0.2) is 0 Å². The highest BCUT2D eigenvalue weighted by atomic mass is 16.5. The van der Waals surface area contributed by atoms with Gasteiger partial charge in [0.05, 0.1) is 17.9 Å². The Bertz CT molecular complexity index is 646. The zero-order valence-electron chi connectivity index (χ0n) is 11.6. The Hall–Kier alpha value is -2.67. The number of anilines is 3. The molecule has 4 nitrogen and oxygen atoms in total. The van der Waals surface area contributed by atoms with Gasteiger partial charge in [-0.15, -0.1) is 0 Å². The maximum Gasteiger partial charge on any atom is 0.123 e. The van der Waals surface area contributed by atoms with Gasteiger partial charge < -0.3 is 15.4 Å². The van der Waals surface area contributed by atoms with Crippen molar-refractivity contribution in [2.24, 2.45) is 0 Å². The summed E-state index contributed by atoms with van der Waals surface area (Å²) in [6.45, 7) is 2.51. The van der Waals surface area contributed by atoms with Gasteiger partial charge in [-0.2, -0.15) is 5.26 Å². The summed E-state index contributed by atoms with van der Waals surface area (Å²) in [6.07, 6.45) is 0. The lowest BCUT2D eigenvalue weighted by Crippen LogP contribution is -2.11. The fourth-order valence-corrected chi connectivity index (χ4v) is 2.05. The molecule has 0 aliphatic heterocycles. The van der Waals surface area contributed by atoms with Crippen LogP contribution in [0.3, 0.4) is 0 Å². The lowest BCUT2D eigenvalue weighted by Gasteiger charge is -2.21. The average Bonchev–Trinajstić information content (AvgIpc) is 2.46. The Balaban J connectivity index is 2.43. The summed E-state index contributed by atoms with van der Waals surface area (Å²) < 4.78 is 5.50. The quantitative estimate of drug-likeness (QED) is 0.863. The molecule has 0 unspecified atom stereocenters. The van der Waals surface area contributed by atoms with E-state index >= 15 is 0 Å². The van der Waals surface area contributed by atoms with Crippen molar-refractivity contribution in [2.45, 2.75) is 6.92 Å². The molecule has 0 saturated heterocycles. The molecule has 0 aliphatic rings. The van der Waals surface area contributed by atoms with Gasteiger partial charge in [0.15, 0.2) is 0 Å². The molecule has 0 amide bonds. The molecule has 102 valence electrons. The van der Waals surface area contributed by atoms with Crippen molar-refractivity contribution in [2.75, 3.05) is 24.3 Å². The lowest BCUT2D eigenvalue weighted by molar-refractivity contribution is 0.340. The SMILES string of the molecule is CCOc1cc(N)cc(N(C)c2ccccc2C#N)c1. The summed E-state index contributed by atoms with van der Waals surface area (Å²) in [5, 5.41) is 9.18. The molecule has 0 aliphatic carbocycles. The molecule has 2 aromatic carbocycles. The summed E-state index contributed by atoms with van der Waals surface area (Å²) in [4.78, 5) is 1.93. The van der Waals surface area contributed by atoms with Crippen LogP contribution in [0.15, 0.2) is 42.5 Å². The van der Waals surface area contributed by atoms with Crippen LogP contribution in [0.5, 0.6) is 5.75 Å². The van der Waals surface area contributed by atoms with Crippen molar-refractivity contribution < 1.29 is 4.74 Å². The van der Waals surface area contributed by atoms with E-state index in [-0.39, 0.29) is 0 Å². The van der Waals surface area contributed by atoms with Crippen LogP contribution < -0.4 is 15.4 Å². The minimum absolute atomic E-state index is 0.585. The van der Waals surface area contributed by atoms with E-state index in [0.717, 1.165) is 17.1 Å². The van der Waals surface area contributed by atoms with E-state index in [1.165, 1.54) is 0 Å². The van der Waals surface area contributed by atoms with Crippen molar-refractivity contribution in [1.29, 1.82) is 5.26 Å². The fourth-order valence-electron chi connectivity index (χ4n) is 2.05. The number of benzene rings is 2. The summed E-state index contributed by atoms with van der Waals surface area (Å²) in [5.74, 6) is 0.726. The molecule has 0 saturated carbocycles. The van der Waals surface area contributed by atoms with Crippen molar-refractivity contribution >= 4 is 17.1 Å². The third kappa shape index (κ3) is 2.83. The van der Waals surface area contributed by atoms with Gasteiger partial charge in [0.25, 0.3) is 0 Å². The van der Waals surface area contributed by atoms with Gasteiger partial charge in [-0.05, 0) is 25.1 Å². The highest BCUT2D eigenvalue weighted by Gasteiger charge is 2.10. The standard InChI is InChI=1S/C16H17N3O/c1-3-20-15-9-13(18)8-14(10-15)19(2)16-7-5-4-6-12(16)11-17/h4-10H,3,18H2,1-2H3. The molecule has 0 heterocycles. The highest BCUT2D eigenvalue weighted by molar-refractivity contribution is 5.72. The van der Waals surface area contributed by atoms with E-state index in [1.54, 1.807) is 12.1 Å². The van der Waals surface area contributed by atoms with E-state index in [1.807, 2.05) is 49.2 Å². The van der Waals surface area contributed by atoms with Crippen LogP contribution in [0.1, 0.15) is 12.5 Å². The predicted molar refractivity (Wildman–Crippen MR) is 81.2 cm³/mol. The summed E-state index contributed by atoms with van der Waals surface area (Å²) in [6, 6.07) is 15.2. The Morgan fingerprint density at radius 1 is 1.25 bits per heavy atom. The largest absolute Gasteiger partial charge is 0.494 e. The molecule has 20 heavy (non-hydrogen) atoms. The first-order valence-electron chi connectivity index (χ1n) is 6.42. The van der Waals surface area contributed by atoms with Gasteiger partial charge >= 0.3 is 0 Å². The zero-order valence-corrected chi connectivity index (χ0v) is 11.6. The molecule has 0 spiro atoms. The first kappa shape index (κ1) is 13.8. The number of rotatable bonds is 4. The Kier molecular flexibility index (Phi) is 4.11. The topological polar surface area (TPSA) is 62.3 Å². The third-order valence-electron chi connectivity index (χ3n) is 3.00. The second-order valence-electron chi connectivity index (χ2n) is 4.38. The fraction of sp³-hybridized carbons (Fsp3) is 0.188. The molecule has 2 rings (SSSR count). The molecular weight excluding hydrogens is 250 g/mol. The van der Waals surface area contributed by atoms with E-state index in [9.17, 15) is 5.26 Å². The van der Waals surface area contributed by atoms with Gasteiger partial charge in [-0.3, -0.25) is 0 Å². The van der Waals surface area contributed by atoms with E-state index in [0.29, 0.717) is 17.9 Å². The number of ether oxygens (including phenoxy) is 1. The molecule has 4 heteroatoms. The number of nitriles is 1. The first-order valence-corrected chi connectivity index (χ1v) is 6.42. The number of nitrogens with two attached hydrogens (primary N) is 1. The second kappa shape index (κ2) is 5.98. The molecule has 0 radical (unpaired) electrons. The van der Waals surface area contributed by atoms with Crippen LogP contribution in [0, 0.1) is 11.3 Å². The number of hydrogen-bond acceptors (Lipinski definition) is 4. The molecule has 0 fully saturated rings. The van der Waals surface area contributed by atoms with Crippen molar-refractivity contribution in [3.63, 3.8) is 0 Å². The van der Waals surface area contributed by atoms with Gasteiger partial charge in [0.2, 0.25) is 0 Å². The minimum Gasteiger partial charge on any atom is -0.494 e. The van der Waals surface area contributed by atoms with E-state index in [4.69, 9.17) is 10.5 Å². The maximum atomic E-state index is 9.18. The van der Waals surface area contributed by atoms with Gasteiger partial charge in [-0.1, -0.05) is 12.1 Å². The number of nitrogens with zero attached hydrogens (tertiary/aromatic N) is 2. The Labute approximate surface area is 119 Å². The van der Waals surface area contributed by atoms with Crippen LogP contribution in [0.4, 0.5) is 17.1 Å². The van der Waals surface area contributed by atoms with Gasteiger partial charge in [0.1, 0.15) is 11.8 Å². The smallest absolute Gasteiger partial charge is 0.123 e. The summed E-state index contributed by atoms with van der Waals surface area (Å²) >= 11 is 0. The minimum atomic E-state index is 0.585.